The lowest BCUT2D eigenvalue weighted by Crippen LogP contribution is -2.20. The quantitative estimate of drug-likeness (QED) is 0.436. The molecule has 0 unspecified atom stereocenters. The number of hydrogen-bond acceptors (Lipinski definition) is 3. The van der Waals surface area contributed by atoms with Crippen molar-refractivity contribution in [3.8, 4) is 5.75 Å². The van der Waals surface area contributed by atoms with Gasteiger partial charge in [0.15, 0.2) is 6.61 Å². The number of carbonyl (C=O) groups excluding carboxylic acids is 1. The first-order valence-corrected chi connectivity index (χ1v) is 10.4. The van der Waals surface area contributed by atoms with Crippen LogP contribution in [-0.2, 0) is 11.3 Å². The van der Waals surface area contributed by atoms with E-state index in [4.69, 9.17) is 27.9 Å². The highest BCUT2D eigenvalue weighted by Gasteiger charge is 2.08. The lowest BCUT2D eigenvalue weighted by molar-refractivity contribution is -0.118. The van der Waals surface area contributed by atoms with Gasteiger partial charge >= 0.3 is 0 Å². The van der Waals surface area contributed by atoms with E-state index in [1.807, 2.05) is 25.1 Å². The van der Waals surface area contributed by atoms with Crippen LogP contribution in [0.3, 0.4) is 0 Å². The molecule has 0 saturated heterocycles. The van der Waals surface area contributed by atoms with Crippen LogP contribution >= 0.6 is 23.2 Å². The number of halogens is 2. The second-order valence-electron chi connectivity index (χ2n) is 7.22. The van der Waals surface area contributed by atoms with Gasteiger partial charge in [-0.25, -0.2) is 0 Å². The van der Waals surface area contributed by atoms with E-state index in [-0.39, 0.29) is 12.5 Å². The normalized spacial score (nSPS) is 10.6. The third-order valence-electron chi connectivity index (χ3n) is 4.81. The molecule has 0 bridgehead atoms. The van der Waals surface area contributed by atoms with E-state index in [0.29, 0.717) is 28.0 Å². The molecule has 0 fully saturated rings. The number of aryl methyl sites for hydroxylation is 3. The fourth-order valence-corrected chi connectivity index (χ4v) is 3.28. The van der Waals surface area contributed by atoms with Crippen molar-refractivity contribution in [2.75, 3.05) is 17.2 Å². The molecule has 0 aliphatic heterocycles. The van der Waals surface area contributed by atoms with Crippen molar-refractivity contribution >= 4 is 40.5 Å². The molecule has 3 aromatic rings. The molecule has 0 radical (unpaired) electrons. The highest BCUT2D eigenvalue weighted by Crippen LogP contribution is 2.26. The summed E-state index contributed by atoms with van der Waals surface area (Å²) in [4.78, 5) is 12.1. The molecule has 3 rings (SSSR count). The van der Waals surface area contributed by atoms with Gasteiger partial charge in [-0.05, 0) is 79.4 Å². The standard InChI is InChI=1S/C24H24Cl2N2O2/c1-15-4-7-19(10-17(15)3)27-13-18-6-9-23(22(26)11-18)30-14-24(29)28-20-8-5-16(2)21(25)12-20/h4-12,27H,13-14H2,1-3H3,(H,28,29). The van der Waals surface area contributed by atoms with Crippen molar-refractivity contribution in [1.82, 2.24) is 0 Å². The zero-order valence-corrected chi connectivity index (χ0v) is 18.7. The van der Waals surface area contributed by atoms with E-state index in [2.05, 4.69) is 42.7 Å². The van der Waals surface area contributed by atoms with Crippen LogP contribution in [0, 0.1) is 20.8 Å². The molecule has 6 heteroatoms. The Labute approximate surface area is 187 Å². The zero-order chi connectivity index (χ0) is 21.7. The van der Waals surface area contributed by atoms with Crippen LogP contribution < -0.4 is 15.4 Å². The van der Waals surface area contributed by atoms with Crippen molar-refractivity contribution in [3.05, 3.63) is 86.9 Å². The predicted octanol–water partition coefficient (Wildman–Crippen LogP) is 6.55. The van der Waals surface area contributed by atoms with Gasteiger partial charge in [0.1, 0.15) is 5.75 Å². The van der Waals surface area contributed by atoms with Gasteiger partial charge in [0.05, 0.1) is 5.02 Å². The summed E-state index contributed by atoms with van der Waals surface area (Å²) in [6.45, 7) is 6.57. The van der Waals surface area contributed by atoms with Crippen LogP contribution in [0.2, 0.25) is 10.0 Å². The first kappa shape index (κ1) is 22.0. The molecular weight excluding hydrogens is 419 g/mol. The van der Waals surface area contributed by atoms with E-state index < -0.39 is 0 Å². The van der Waals surface area contributed by atoms with Crippen LogP contribution in [0.15, 0.2) is 54.6 Å². The minimum atomic E-state index is -0.286. The maximum atomic E-state index is 12.1. The fraction of sp³-hybridized carbons (Fsp3) is 0.208. The molecule has 30 heavy (non-hydrogen) atoms. The van der Waals surface area contributed by atoms with Gasteiger partial charge in [-0.2, -0.15) is 0 Å². The number of hydrogen-bond donors (Lipinski definition) is 2. The number of carbonyl (C=O) groups is 1. The highest BCUT2D eigenvalue weighted by molar-refractivity contribution is 6.32. The van der Waals surface area contributed by atoms with Crippen molar-refractivity contribution in [3.63, 3.8) is 0 Å². The van der Waals surface area contributed by atoms with Gasteiger partial charge in [-0.3, -0.25) is 4.79 Å². The van der Waals surface area contributed by atoms with Crippen LogP contribution in [0.1, 0.15) is 22.3 Å². The SMILES string of the molecule is Cc1ccc(NCc2ccc(OCC(=O)Nc3ccc(C)c(Cl)c3)c(Cl)c2)cc1C. The summed E-state index contributed by atoms with van der Waals surface area (Å²) in [5.41, 5.74) is 6.15. The smallest absolute Gasteiger partial charge is 0.262 e. The van der Waals surface area contributed by atoms with Gasteiger partial charge in [-0.1, -0.05) is 41.4 Å². The van der Waals surface area contributed by atoms with E-state index in [9.17, 15) is 4.79 Å². The van der Waals surface area contributed by atoms with Crippen LogP contribution in [0.5, 0.6) is 5.75 Å². The Bertz CT molecular complexity index is 1070. The lowest BCUT2D eigenvalue weighted by Gasteiger charge is -2.12. The zero-order valence-electron chi connectivity index (χ0n) is 17.2. The Balaban J connectivity index is 1.53. The average molecular weight is 443 g/mol. The number of amides is 1. The Morgan fingerprint density at radius 2 is 1.57 bits per heavy atom. The van der Waals surface area contributed by atoms with E-state index in [0.717, 1.165) is 16.8 Å². The third-order valence-corrected chi connectivity index (χ3v) is 5.52. The average Bonchev–Trinajstić information content (AvgIpc) is 2.71. The van der Waals surface area contributed by atoms with Crippen LogP contribution in [0.25, 0.3) is 0 Å². The third kappa shape index (κ3) is 5.91. The minimum absolute atomic E-state index is 0.147. The molecule has 1 amide bonds. The number of ether oxygens (including phenoxy) is 1. The lowest BCUT2D eigenvalue weighted by atomic mass is 10.1. The summed E-state index contributed by atoms with van der Waals surface area (Å²) >= 11 is 12.4. The monoisotopic (exact) mass is 442 g/mol. The van der Waals surface area contributed by atoms with Gasteiger partial charge in [-0.15, -0.1) is 0 Å². The number of rotatable bonds is 7. The summed E-state index contributed by atoms with van der Waals surface area (Å²) in [6.07, 6.45) is 0. The molecule has 156 valence electrons. The molecular formula is C24H24Cl2N2O2. The molecule has 0 aromatic heterocycles. The van der Waals surface area contributed by atoms with Gasteiger partial charge in [0, 0.05) is 22.9 Å². The summed E-state index contributed by atoms with van der Waals surface area (Å²) in [7, 11) is 0. The van der Waals surface area contributed by atoms with Crippen molar-refractivity contribution in [2.24, 2.45) is 0 Å². The predicted molar refractivity (Wildman–Crippen MR) is 125 cm³/mol. The van der Waals surface area contributed by atoms with E-state index in [1.54, 1.807) is 18.2 Å². The Morgan fingerprint density at radius 3 is 2.27 bits per heavy atom. The maximum absolute atomic E-state index is 12.1. The molecule has 0 saturated carbocycles. The van der Waals surface area contributed by atoms with Crippen molar-refractivity contribution in [1.29, 1.82) is 0 Å². The minimum Gasteiger partial charge on any atom is -0.482 e. The molecule has 0 aliphatic carbocycles. The Kier molecular flexibility index (Phi) is 7.24. The summed E-state index contributed by atoms with van der Waals surface area (Å²) in [5, 5.41) is 7.20. The molecule has 0 spiro atoms. The molecule has 3 aromatic carbocycles. The highest BCUT2D eigenvalue weighted by atomic mass is 35.5. The topological polar surface area (TPSA) is 50.4 Å². The summed E-state index contributed by atoms with van der Waals surface area (Å²) in [6, 6.07) is 17.2. The molecule has 4 nitrogen and oxygen atoms in total. The molecule has 2 N–H and O–H groups in total. The van der Waals surface area contributed by atoms with E-state index in [1.165, 1.54) is 11.1 Å². The number of benzene rings is 3. The maximum Gasteiger partial charge on any atom is 0.262 e. The first-order valence-electron chi connectivity index (χ1n) is 9.60. The molecule has 0 atom stereocenters. The Hall–Kier alpha value is -2.69. The van der Waals surface area contributed by atoms with Gasteiger partial charge < -0.3 is 15.4 Å². The molecule has 0 heterocycles. The summed E-state index contributed by atoms with van der Waals surface area (Å²) in [5.74, 6) is 0.176. The van der Waals surface area contributed by atoms with E-state index >= 15 is 0 Å². The van der Waals surface area contributed by atoms with Crippen LogP contribution in [-0.4, -0.2) is 12.5 Å². The molecule has 0 aliphatic rings. The fourth-order valence-electron chi connectivity index (χ4n) is 2.84. The largest absolute Gasteiger partial charge is 0.482 e. The summed E-state index contributed by atoms with van der Waals surface area (Å²) < 4.78 is 5.57. The van der Waals surface area contributed by atoms with Crippen molar-refractivity contribution in [2.45, 2.75) is 27.3 Å². The second-order valence-corrected chi connectivity index (χ2v) is 8.03. The van der Waals surface area contributed by atoms with Crippen molar-refractivity contribution < 1.29 is 9.53 Å². The first-order chi connectivity index (χ1) is 14.3. The Morgan fingerprint density at radius 1 is 0.833 bits per heavy atom. The van der Waals surface area contributed by atoms with Crippen LogP contribution in [0.4, 0.5) is 11.4 Å². The van der Waals surface area contributed by atoms with Gasteiger partial charge in [0.2, 0.25) is 0 Å². The number of nitrogens with one attached hydrogen (secondary N) is 2. The second kappa shape index (κ2) is 9.88. The van der Waals surface area contributed by atoms with Gasteiger partial charge in [0.25, 0.3) is 5.91 Å². The number of anilines is 2.